The molecule has 7 nitrogen and oxygen atoms in total. The fourth-order valence-corrected chi connectivity index (χ4v) is 4.83. The average Bonchev–Trinajstić information content (AvgIpc) is 3.21. The Morgan fingerprint density at radius 3 is 2.53 bits per heavy atom. The first kappa shape index (κ1) is 22.7. The van der Waals surface area contributed by atoms with Crippen molar-refractivity contribution in [3.63, 3.8) is 0 Å². The van der Waals surface area contributed by atoms with Crippen LogP contribution in [0.2, 0.25) is 10.0 Å². The summed E-state index contributed by atoms with van der Waals surface area (Å²) in [7, 11) is 1.55. The molecule has 4 heterocycles. The van der Waals surface area contributed by atoms with Gasteiger partial charge >= 0.3 is 0 Å². The number of ether oxygens (including phenoxy) is 2. The second kappa shape index (κ2) is 8.92. The van der Waals surface area contributed by atoms with E-state index in [1.165, 1.54) is 18.5 Å². The maximum absolute atomic E-state index is 14.9. The van der Waals surface area contributed by atoms with Gasteiger partial charge in [0, 0.05) is 53.8 Å². The number of aromatic amines is 1. The molecule has 0 aliphatic carbocycles. The minimum atomic E-state index is -0.485. The molecule has 1 aromatic carbocycles. The Morgan fingerprint density at radius 1 is 1.15 bits per heavy atom. The Morgan fingerprint density at radius 2 is 1.91 bits per heavy atom. The van der Waals surface area contributed by atoms with E-state index in [1.807, 2.05) is 11.8 Å². The predicted octanol–water partition coefficient (Wildman–Crippen LogP) is 6.21. The molecule has 0 bridgehead atoms. The average molecular weight is 502 g/mol. The van der Waals surface area contributed by atoms with Crippen molar-refractivity contribution in [2.45, 2.75) is 32.4 Å². The summed E-state index contributed by atoms with van der Waals surface area (Å²) in [6.07, 6.45) is 5.23. The summed E-state index contributed by atoms with van der Waals surface area (Å²) in [5.74, 6) is 0.963. The number of benzene rings is 1. The highest BCUT2D eigenvalue weighted by molar-refractivity contribution is 6.35. The first-order chi connectivity index (χ1) is 16.4. The zero-order chi connectivity index (χ0) is 24.0. The van der Waals surface area contributed by atoms with Gasteiger partial charge in [-0.25, -0.2) is 9.37 Å². The Balaban J connectivity index is 1.52. The third-order valence-corrected chi connectivity index (χ3v) is 6.74. The van der Waals surface area contributed by atoms with E-state index >= 15 is 0 Å². The molecule has 4 aromatic rings. The van der Waals surface area contributed by atoms with Gasteiger partial charge in [0.2, 0.25) is 0 Å². The van der Waals surface area contributed by atoms with Crippen LogP contribution in [-0.2, 0) is 0 Å². The summed E-state index contributed by atoms with van der Waals surface area (Å²) < 4.78 is 26.6. The van der Waals surface area contributed by atoms with Crippen LogP contribution < -0.4 is 14.4 Å². The van der Waals surface area contributed by atoms with Crippen LogP contribution in [0.5, 0.6) is 11.5 Å². The number of aromatic nitrogens is 4. The Bertz CT molecular complexity index is 1360. The topological polar surface area (TPSA) is 76.2 Å². The molecule has 3 aromatic heterocycles. The number of H-pyrrole nitrogens is 1. The Labute approximate surface area is 205 Å². The number of hydrogen-bond acceptors (Lipinski definition) is 6. The van der Waals surface area contributed by atoms with Crippen LogP contribution in [-0.4, -0.2) is 39.9 Å². The molecule has 0 amide bonds. The Kier molecular flexibility index (Phi) is 5.95. The van der Waals surface area contributed by atoms with Gasteiger partial charge in [0.1, 0.15) is 11.8 Å². The summed E-state index contributed by atoms with van der Waals surface area (Å²) in [4.78, 5) is 10.3. The van der Waals surface area contributed by atoms with Gasteiger partial charge in [-0.15, -0.1) is 0 Å². The van der Waals surface area contributed by atoms with Crippen LogP contribution in [0.15, 0.2) is 36.8 Å². The molecule has 1 fully saturated rings. The SMILES string of the molecule is COc1cc2[nH]nc(-c3cnc(N4CC[C@H]4C)c(F)c3)c2cc1OC(C)c1c(Cl)cncc1Cl. The minimum Gasteiger partial charge on any atom is -0.493 e. The van der Waals surface area contributed by atoms with Crippen molar-refractivity contribution < 1.29 is 13.9 Å². The molecular formula is C24H22Cl2FN5O2. The van der Waals surface area contributed by atoms with Gasteiger partial charge in [-0.3, -0.25) is 10.1 Å². The molecule has 34 heavy (non-hydrogen) atoms. The van der Waals surface area contributed by atoms with E-state index in [4.69, 9.17) is 32.7 Å². The number of anilines is 1. The quantitative estimate of drug-likeness (QED) is 0.338. The number of nitrogens with zero attached hydrogens (tertiary/aromatic N) is 4. The standard InChI is InChI=1S/C24H22Cl2FN5O2/c1-12-4-5-32(12)24-18(27)6-14(9-29-24)23-15-7-21(20(33-3)8-19(15)30-31-23)34-13(2)22-16(25)10-28-11-17(22)26/h6-13H,4-5H2,1-3H3,(H,30,31)/t12-,13?/m1/s1. The van der Waals surface area contributed by atoms with Gasteiger partial charge in [0.15, 0.2) is 23.1 Å². The molecule has 1 saturated heterocycles. The monoisotopic (exact) mass is 501 g/mol. The van der Waals surface area contributed by atoms with Crippen molar-refractivity contribution in [2.75, 3.05) is 18.6 Å². The van der Waals surface area contributed by atoms with Crippen molar-refractivity contribution in [2.24, 2.45) is 0 Å². The van der Waals surface area contributed by atoms with Gasteiger partial charge in [-0.05, 0) is 32.4 Å². The van der Waals surface area contributed by atoms with E-state index in [0.717, 1.165) is 18.4 Å². The molecule has 0 radical (unpaired) electrons. The lowest BCUT2D eigenvalue weighted by Gasteiger charge is -2.39. The van der Waals surface area contributed by atoms with Gasteiger partial charge in [0.25, 0.3) is 0 Å². The van der Waals surface area contributed by atoms with Crippen LogP contribution in [0.25, 0.3) is 22.2 Å². The number of fused-ring (bicyclic) bond motifs is 1. The van der Waals surface area contributed by atoms with E-state index in [0.29, 0.717) is 49.7 Å². The molecule has 1 aliphatic rings. The molecule has 176 valence electrons. The maximum atomic E-state index is 14.9. The van der Waals surface area contributed by atoms with Gasteiger partial charge in [0.05, 0.1) is 22.7 Å². The fraction of sp³-hybridized carbons (Fsp3) is 0.292. The number of nitrogens with one attached hydrogen (secondary N) is 1. The lowest BCUT2D eigenvalue weighted by Crippen LogP contribution is -2.46. The summed E-state index contributed by atoms with van der Waals surface area (Å²) in [6, 6.07) is 5.34. The van der Waals surface area contributed by atoms with E-state index < -0.39 is 6.10 Å². The van der Waals surface area contributed by atoms with Crippen molar-refractivity contribution in [1.29, 1.82) is 0 Å². The third kappa shape index (κ3) is 3.91. The summed E-state index contributed by atoms with van der Waals surface area (Å²) >= 11 is 12.6. The number of rotatable bonds is 6. The molecule has 0 saturated carbocycles. The number of methoxy groups -OCH3 is 1. The summed E-state index contributed by atoms with van der Waals surface area (Å²) in [5, 5.41) is 8.93. The highest BCUT2D eigenvalue weighted by atomic mass is 35.5. The number of hydrogen-bond donors (Lipinski definition) is 1. The maximum Gasteiger partial charge on any atom is 0.166 e. The first-order valence-corrected chi connectivity index (χ1v) is 11.6. The third-order valence-electron chi connectivity index (χ3n) is 6.13. The molecule has 10 heteroatoms. The van der Waals surface area contributed by atoms with E-state index in [2.05, 4.69) is 27.1 Å². The number of halogens is 3. The van der Waals surface area contributed by atoms with Crippen LogP contribution >= 0.6 is 23.2 Å². The Hall–Kier alpha value is -3.10. The second-order valence-electron chi connectivity index (χ2n) is 8.26. The molecule has 1 unspecified atom stereocenters. The van der Waals surface area contributed by atoms with Crippen LogP contribution in [0.3, 0.4) is 0 Å². The summed E-state index contributed by atoms with van der Waals surface area (Å²) in [5.41, 5.74) is 2.46. The summed E-state index contributed by atoms with van der Waals surface area (Å²) in [6.45, 7) is 4.70. The largest absolute Gasteiger partial charge is 0.493 e. The zero-order valence-electron chi connectivity index (χ0n) is 18.8. The molecule has 0 spiro atoms. The number of pyridine rings is 2. The lowest BCUT2D eigenvalue weighted by molar-refractivity contribution is 0.216. The van der Waals surface area contributed by atoms with E-state index in [-0.39, 0.29) is 11.9 Å². The van der Waals surface area contributed by atoms with E-state index in [1.54, 1.807) is 25.4 Å². The van der Waals surface area contributed by atoms with Gasteiger partial charge in [-0.1, -0.05) is 23.2 Å². The second-order valence-corrected chi connectivity index (χ2v) is 9.07. The molecule has 5 rings (SSSR count). The van der Waals surface area contributed by atoms with E-state index in [9.17, 15) is 4.39 Å². The molecule has 1 N–H and O–H groups in total. The molecular weight excluding hydrogens is 480 g/mol. The molecule has 2 atom stereocenters. The minimum absolute atomic E-state index is 0.288. The van der Waals surface area contributed by atoms with Gasteiger partial charge in [-0.2, -0.15) is 5.10 Å². The first-order valence-electron chi connectivity index (χ1n) is 10.8. The van der Waals surface area contributed by atoms with Crippen LogP contribution in [0, 0.1) is 5.82 Å². The fourth-order valence-electron chi connectivity index (χ4n) is 4.16. The smallest absolute Gasteiger partial charge is 0.166 e. The highest BCUT2D eigenvalue weighted by Gasteiger charge is 2.28. The molecule has 1 aliphatic heterocycles. The van der Waals surface area contributed by atoms with Crippen LogP contribution in [0.4, 0.5) is 10.2 Å². The van der Waals surface area contributed by atoms with Gasteiger partial charge < -0.3 is 14.4 Å². The van der Waals surface area contributed by atoms with Crippen molar-refractivity contribution >= 4 is 39.9 Å². The predicted molar refractivity (Wildman–Crippen MR) is 131 cm³/mol. The van der Waals surface area contributed by atoms with Crippen molar-refractivity contribution in [1.82, 2.24) is 20.2 Å². The lowest BCUT2D eigenvalue weighted by atomic mass is 10.0. The van der Waals surface area contributed by atoms with Crippen LogP contribution in [0.1, 0.15) is 31.9 Å². The van der Waals surface area contributed by atoms with Crippen molar-refractivity contribution in [3.05, 3.63) is 58.2 Å². The highest BCUT2D eigenvalue weighted by Crippen LogP contribution is 2.40. The normalized spacial score (nSPS) is 16.4. The van der Waals surface area contributed by atoms with Crippen molar-refractivity contribution in [3.8, 4) is 22.8 Å². The zero-order valence-corrected chi connectivity index (χ0v) is 20.3.